The number of nitrogens with zero attached hydrogens (tertiary/aromatic N) is 5. The molecule has 4 rings (SSSR count). The molecule has 3 aromatic rings. The number of Topliss-reactive ketones (excluding diaryl/α,β-unsaturated/α-hetero) is 1. The number of halogens is 1. The summed E-state index contributed by atoms with van der Waals surface area (Å²) in [7, 11) is 0. The maximum Gasteiger partial charge on any atom is 0.212 e. The lowest BCUT2D eigenvalue weighted by Crippen LogP contribution is -2.48. The first-order chi connectivity index (χ1) is 12.2. The molecule has 1 fully saturated rings. The highest BCUT2D eigenvalue weighted by Crippen LogP contribution is 2.14. The normalized spacial score (nSPS) is 15.6. The second-order valence-electron chi connectivity index (χ2n) is 6.10. The third-order valence-corrected chi connectivity index (χ3v) is 4.46. The molecule has 1 aliphatic heterocycles. The molecule has 0 amide bonds. The summed E-state index contributed by atoms with van der Waals surface area (Å²) >= 11 is 0. The van der Waals surface area contributed by atoms with Gasteiger partial charge in [-0.15, -0.1) is 0 Å². The van der Waals surface area contributed by atoms with Crippen LogP contribution >= 0.6 is 0 Å². The van der Waals surface area contributed by atoms with E-state index in [2.05, 4.69) is 19.8 Å². The number of carbonyl (C=O) groups is 1. The molecular weight excluding hydrogens is 321 g/mol. The van der Waals surface area contributed by atoms with E-state index in [1.165, 1.54) is 12.3 Å². The van der Waals surface area contributed by atoms with Gasteiger partial charge in [0.2, 0.25) is 5.78 Å². The zero-order valence-corrected chi connectivity index (χ0v) is 13.7. The summed E-state index contributed by atoms with van der Waals surface area (Å²) in [6, 6.07) is 8.85. The van der Waals surface area contributed by atoms with Crippen LogP contribution in [0.4, 0.5) is 10.2 Å². The molecule has 0 saturated carbocycles. The summed E-state index contributed by atoms with van der Waals surface area (Å²) in [4.78, 5) is 25.2. The van der Waals surface area contributed by atoms with Crippen LogP contribution in [-0.2, 0) is 0 Å². The maximum atomic E-state index is 13.0. The molecular formula is C18H18FN5O. The van der Waals surface area contributed by atoms with Gasteiger partial charge in [-0.1, -0.05) is 6.07 Å². The molecule has 0 bridgehead atoms. The molecule has 0 aromatic carbocycles. The van der Waals surface area contributed by atoms with Crippen molar-refractivity contribution in [2.45, 2.75) is 0 Å². The van der Waals surface area contributed by atoms with E-state index in [0.29, 0.717) is 12.4 Å². The van der Waals surface area contributed by atoms with Crippen LogP contribution in [0.1, 0.15) is 10.6 Å². The number of anilines is 1. The standard InChI is InChI=1S/C18H18FN5O/c19-14-4-5-17(20-11-14)23-9-7-22(8-10-23)13-16(25)18-21-12-15-3-1-2-6-24(15)18/h1-6,11-12H,7-10,13H2. The second kappa shape index (κ2) is 6.60. The van der Waals surface area contributed by atoms with Crippen LogP contribution in [0, 0.1) is 5.82 Å². The van der Waals surface area contributed by atoms with Crippen molar-refractivity contribution in [1.82, 2.24) is 19.3 Å². The van der Waals surface area contributed by atoms with Gasteiger partial charge in [-0.05, 0) is 24.3 Å². The number of fused-ring (bicyclic) bond motifs is 1. The van der Waals surface area contributed by atoms with Crippen LogP contribution in [0.25, 0.3) is 5.52 Å². The Morgan fingerprint density at radius 2 is 1.88 bits per heavy atom. The third kappa shape index (κ3) is 3.23. The number of pyridine rings is 2. The maximum absolute atomic E-state index is 13.0. The smallest absolute Gasteiger partial charge is 0.212 e. The molecule has 0 spiro atoms. The van der Waals surface area contributed by atoms with Gasteiger partial charge in [-0.2, -0.15) is 0 Å². The summed E-state index contributed by atoms with van der Waals surface area (Å²) in [5.41, 5.74) is 0.915. The van der Waals surface area contributed by atoms with E-state index in [1.807, 2.05) is 28.8 Å². The highest BCUT2D eigenvalue weighted by Gasteiger charge is 2.22. The monoisotopic (exact) mass is 339 g/mol. The lowest BCUT2D eigenvalue weighted by molar-refractivity contribution is 0.0915. The fourth-order valence-corrected chi connectivity index (χ4v) is 3.11. The van der Waals surface area contributed by atoms with Gasteiger partial charge in [-0.25, -0.2) is 14.4 Å². The Morgan fingerprint density at radius 1 is 1.04 bits per heavy atom. The summed E-state index contributed by atoms with van der Waals surface area (Å²) < 4.78 is 14.8. The first-order valence-corrected chi connectivity index (χ1v) is 8.25. The highest BCUT2D eigenvalue weighted by molar-refractivity contribution is 5.95. The van der Waals surface area contributed by atoms with Gasteiger partial charge in [-0.3, -0.25) is 14.1 Å². The number of imidazole rings is 1. The van der Waals surface area contributed by atoms with Gasteiger partial charge < -0.3 is 4.90 Å². The molecule has 1 aliphatic rings. The Balaban J connectivity index is 1.38. The average molecular weight is 339 g/mol. The van der Waals surface area contributed by atoms with Crippen LogP contribution in [0.2, 0.25) is 0 Å². The predicted octanol–water partition coefficient (Wildman–Crippen LogP) is 1.87. The van der Waals surface area contributed by atoms with Crippen LogP contribution in [0.5, 0.6) is 0 Å². The number of rotatable bonds is 4. The van der Waals surface area contributed by atoms with Crippen molar-refractivity contribution in [3.8, 4) is 0 Å². The molecule has 4 heterocycles. The molecule has 128 valence electrons. The Hall–Kier alpha value is -2.80. The zero-order chi connectivity index (χ0) is 17.2. The SMILES string of the molecule is O=C(CN1CCN(c2ccc(F)cn2)CC1)c1ncc2ccccn12. The molecule has 0 N–H and O–H groups in total. The van der Waals surface area contributed by atoms with Crippen molar-refractivity contribution in [2.75, 3.05) is 37.6 Å². The number of hydrogen-bond acceptors (Lipinski definition) is 5. The summed E-state index contributed by atoms with van der Waals surface area (Å²) in [6.07, 6.45) is 4.80. The van der Waals surface area contributed by atoms with Crippen molar-refractivity contribution < 1.29 is 9.18 Å². The number of hydrogen-bond donors (Lipinski definition) is 0. The van der Waals surface area contributed by atoms with Gasteiger partial charge in [0.05, 0.1) is 24.5 Å². The van der Waals surface area contributed by atoms with E-state index in [4.69, 9.17) is 0 Å². The minimum Gasteiger partial charge on any atom is -0.354 e. The predicted molar refractivity (Wildman–Crippen MR) is 92.4 cm³/mol. The highest BCUT2D eigenvalue weighted by atomic mass is 19.1. The van der Waals surface area contributed by atoms with Gasteiger partial charge in [0.25, 0.3) is 0 Å². The van der Waals surface area contributed by atoms with Crippen molar-refractivity contribution in [1.29, 1.82) is 0 Å². The van der Waals surface area contributed by atoms with Crippen molar-refractivity contribution in [3.63, 3.8) is 0 Å². The molecule has 0 unspecified atom stereocenters. The van der Waals surface area contributed by atoms with Crippen LogP contribution < -0.4 is 4.90 Å². The van der Waals surface area contributed by atoms with Crippen molar-refractivity contribution >= 4 is 17.1 Å². The quantitative estimate of drug-likeness (QED) is 0.679. The Morgan fingerprint density at radius 3 is 2.64 bits per heavy atom. The topological polar surface area (TPSA) is 53.7 Å². The lowest BCUT2D eigenvalue weighted by atomic mass is 10.2. The minimum atomic E-state index is -0.333. The zero-order valence-electron chi connectivity index (χ0n) is 13.7. The Kier molecular flexibility index (Phi) is 4.15. The van der Waals surface area contributed by atoms with E-state index >= 15 is 0 Å². The molecule has 25 heavy (non-hydrogen) atoms. The molecule has 3 aromatic heterocycles. The first kappa shape index (κ1) is 15.7. The number of piperazine rings is 1. The molecule has 1 saturated heterocycles. The van der Waals surface area contributed by atoms with Gasteiger partial charge in [0.15, 0.2) is 5.82 Å². The van der Waals surface area contributed by atoms with Crippen LogP contribution in [0.15, 0.2) is 48.9 Å². The number of ketones is 1. The fraction of sp³-hybridized carbons (Fsp3) is 0.278. The first-order valence-electron chi connectivity index (χ1n) is 8.25. The van der Waals surface area contributed by atoms with Crippen molar-refractivity contribution in [2.24, 2.45) is 0 Å². The summed E-state index contributed by atoms with van der Waals surface area (Å²) in [5, 5.41) is 0. The third-order valence-electron chi connectivity index (χ3n) is 4.46. The molecule has 0 radical (unpaired) electrons. The van der Waals surface area contributed by atoms with Gasteiger partial charge in [0, 0.05) is 32.4 Å². The summed E-state index contributed by atoms with van der Waals surface area (Å²) in [6.45, 7) is 3.38. The fourth-order valence-electron chi connectivity index (χ4n) is 3.11. The number of aromatic nitrogens is 3. The molecule has 0 aliphatic carbocycles. The van der Waals surface area contributed by atoms with E-state index in [1.54, 1.807) is 12.3 Å². The molecule has 6 nitrogen and oxygen atoms in total. The lowest BCUT2D eigenvalue weighted by Gasteiger charge is -2.34. The Labute approximate surface area is 144 Å². The van der Waals surface area contributed by atoms with E-state index in [9.17, 15) is 9.18 Å². The van der Waals surface area contributed by atoms with E-state index in [0.717, 1.165) is 37.5 Å². The van der Waals surface area contributed by atoms with E-state index < -0.39 is 0 Å². The van der Waals surface area contributed by atoms with E-state index in [-0.39, 0.29) is 11.6 Å². The molecule has 7 heteroatoms. The van der Waals surface area contributed by atoms with Gasteiger partial charge in [0.1, 0.15) is 11.6 Å². The molecule has 0 atom stereocenters. The van der Waals surface area contributed by atoms with Crippen LogP contribution in [-0.4, -0.2) is 57.8 Å². The average Bonchev–Trinajstić information content (AvgIpc) is 3.07. The van der Waals surface area contributed by atoms with Crippen molar-refractivity contribution in [3.05, 3.63) is 60.6 Å². The summed E-state index contributed by atoms with van der Waals surface area (Å²) in [5.74, 6) is 0.921. The minimum absolute atomic E-state index is 0.0135. The second-order valence-corrected chi connectivity index (χ2v) is 6.10. The largest absolute Gasteiger partial charge is 0.354 e. The number of carbonyl (C=O) groups excluding carboxylic acids is 1. The van der Waals surface area contributed by atoms with Gasteiger partial charge >= 0.3 is 0 Å². The Bertz CT molecular complexity index is 884. The van der Waals surface area contributed by atoms with Crippen LogP contribution in [0.3, 0.4) is 0 Å².